The van der Waals surface area contributed by atoms with E-state index in [4.69, 9.17) is 5.26 Å². The van der Waals surface area contributed by atoms with E-state index in [1.54, 1.807) is 13.0 Å². The summed E-state index contributed by atoms with van der Waals surface area (Å²) in [5, 5.41) is 20.5. The minimum atomic E-state index is -0.439. The van der Waals surface area contributed by atoms with E-state index in [-0.39, 0.29) is 18.0 Å². The first kappa shape index (κ1) is 17.5. The van der Waals surface area contributed by atoms with Gasteiger partial charge in [0, 0.05) is 24.0 Å². The molecule has 1 rings (SSSR count). The van der Waals surface area contributed by atoms with Gasteiger partial charge >= 0.3 is 0 Å². The predicted molar refractivity (Wildman–Crippen MR) is 85.6 cm³/mol. The minimum Gasteiger partial charge on any atom is -0.349 e. The van der Waals surface area contributed by atoms with Crippen LogP contribution in [-0.4, -0.2) is 16.5 Å². The van der Waals surface area contributed by atoms with Crippen LogP contribution in [0.4, 0.5) is 0 Å². The lowest BCUT2D eigenvalue weighted by Gasteiger charge is -2.09. The van der Waals surface area contributed by atoms with Crippen LogP contribution in [0.25, 0.3) is 6.08 Å². The smallest absolute Gasteiger partial charge is 0.262 e. The number of amides is 1. The number of hydrogen-bond acceptors (Lipinski definition) is 3. The highest BCUT2D eigenvalue weighted by atomic mass is 16.1. The lowest BCUT2D eigenvalue weighted by molar-refractivity contribution is -0.117. The van der Waals surface area contributed by atoms with Crippen molar-refractivity contribution in [2.24, 2.45) is 0 Å². The number of nitrogens with one attached hydrogen (secondary N) is 1. The standard InChI is InChI=1S/C17H22N4O/c1-5-8-21-13(3)9-15(14(21)4)10-16(11-19)17(22)20-12(2)6-7-18/h9-10,12H,5-6,8H2,1-4H3,(H,20,22)/b16-10+. The Balaban J connectivity index is 3.03. The van der Waals surface area contributed by atoms with Gasteiger partial charge in [0.2, 0.25) is 0 Å². The first-order chi connectivity index (χ1) is 10.4. The fourth-order valence-electron chi connectivity index (χ4n) is 2.34. The third-order valence-corrected chi connectivity index (χ3v) is 3.50. The average Bonchev–Trinajstić information content (AvgIpc) is 2.72. The molecule has 5 heteroatoms. The number of rotatable bonds is 6. The van der Waals surface area contributed by atoms with E-state index < -0.39 is 5.91 Å². The Morgan fingerprint density at radius 1 is 1.45 bits per heavy atom. The molecule has 1 unspecified atom stereocenters. The Hall–Kier alpha value is -2.53. The normalized spacial score (nSPS) is 12.4. The van der Waals surface area contributed by atoms with Gasteiger partial charge in [-0.05, 0) is 44.9 Å². The van der Waals surface area contributed by atoms with Crippen molar-refractivity contribution in [1.82, 2.24) is 9.88 Å². The van der Waals surface area contributed by atoms with Crippen molar-refractivity contribution in [3.8, 4) is 12.1 Å². The average molecular weight is 298 g/mol. The van der Waals surface area contributed by atoms with Crippen molar-refractivity contribution in [3.05, 3.63) is 28.6 Å². The summed E-state index contributed by atoms with van der Waals surface area (Å²) in [4.78, 5) is 12.1. The van der Waals surface area contributed by atoms with Crippen LogP contribution >= 0.6 is 0 Å². The summed E-state index contributed by atoms with van der Waals surface area (Å²) in [6.07, 6.45) is 2.86. The molecule has 0 fully saturated rings. The molecule has 1 atom stereocenters. The number of aryl methyl sites for hydroxylation is 1. The third-order valence-electron chi connectivity index (χ3n) is 3.50. The second-order valence-electron chi connectivity index (χ2n) is 5.38. The van der Waals surface area contributed by atoms with E-state index in [1.807, 2.05) is 32.1 Å². The maximum Gasteiger partial charge on any atom is 0.262 e. The van der Waals surface area contributed by atoms with Gasteiger partial charge in [-0.15, -0.1) is 0 Å². The van der Waals surface area contributed by atoms with Crippen LogP contribution in [0.15, 0.2) is 11.6 Å². The highest BCUT2D eigenvalue weighted by Crippen LogP contribution is 2.18. The van der Waals surface area contributed by atoms with Gasteiger partial charge in [0.1, 0.15) is 11.6 Å². The van der Waals surface area contributed by atoms with Gasteiger partial charge in [0.05, 0.1) is 12.5 Å². The highest BCUT2D eigenvalue weighted by molar-refractivity contribution is 6.02. The van der Waals surface area contributed by atoms with Crippen molar-refractivity contribution < 1.29 is 4.79 Å². The molecule has 0 aliphatic rings. The molecule has 1 amide bonds. The molecule has 1 aromatic heterocycles. The van der Waals surface area contributed by atoms with E-state index >= 15 is 0 Å². The first-order valence-electron chi connectivity index (χ1n) is 7.40. The molecule has 0 aromatic carbocycles. The topological polar surface area (TPSA) is 81.6 Å². The van der Waals surface area contributed by atoms with Gasteiger partial charge in [0.25, 0.3) is 5.91 Å². The van der Waals surface area contributed by atoms with E-state index in [0.717, 1.165) is 29.9 Å². The van der Waals surface area contributed by atoms with Crippen molar-refractivity contribution in [2.75, 3.05) is 0 Å². The maximum absolute atomic E-state index is 12.1. The summed E-state index contributed by atoms with van der Waals surface area (Å²) >= 11 is 0. The number of nitriles is 2. The van der Waals surface area contributed by atoms with E-state index in [9.17, 15) is 10.1 Å². The number of carbonyl (C=O) groups is 1. The van der Waals surface area contributed by atoms with Crippen LogP contribution in [0, 0.1) is 36.5 Å². The van der Waals surface area contributed by atoms with Gasteiger partial charge in [0.15, 0.2) is 0 Å². The van der Waals surface area contributed by atoms with Crippen molar-refractivity contribution >= 4 is 12.0 Å². The molecule has 0 saturated heterocycles. The molecule has 5 nitrogen and oxygen atoms in total. The summed E-state index contributed by atoms with van der Waals surface area (Å²) < 4.78 is 2.18. The second-order valence-corrected chi connectivity index (χ2v) is 5.38. The molecule has 0 aliphatic heterocycles. The number of nitrogens with zero attached hydrogens (tertiary/aromatic N) is 3. The minimum absolute atomic E-state index is 0.0570. The van der Waals surface area contributed by atoms with E-state index in [1.165, 1.54) is 0 Å². The largest absolute Gasteiger partial charge is 0.349 e. The molecule has 116 valence electrons. The van der Waals surface area contributed by atoms with Gasteiger partial charge < -0.3 is 9.88 Å². The summed E-state index contributed by atoms with van der Waals surface area (Å²) in [6.45, 7) is 8.77. The lowest BCUT2D eigenvalue weighted by atomic mass is 10.1. The Morgan fingerprint density at radius 3 is 2.68 bits per heavy atom. The molecule has 22 heavy (non-hydrogen) atoms. The Bertz CT molecular complexity index is 655. The van der Waals surface area contributed by atoms with Crippen LogP contribution in [-0.2, 0) is 11.3 Å². The lowest BCUT2D eigenvalue weighted by Crippen LogP contribution is -2.33. The summed E-state index contributed by atoms with van der Waals surface area (Å²) in [7, 11) is 0. The van der Waals surface area contributed by atoms with Gasteiger partial charge in [-0.25, -0.2) is 0 Å². The summed E-state index contributed by atoms with van der Waals surface area (Å²) in [5.74, 6) is -0.439. The van der Waals surface area contributed by atoms with Gasteiger partial charge in [-0.3, -0.25) is 4.79 Å². The number of aromatic nitrogens is 1. The zero-order valence-electron chi connectivity index (χ0n) is 13.6. The van der Waals surface area contributed by atoms with Crippen LogP contribution in [0.1, 0.15) is 43.6 Å². The van der Waals surface area contributed by atoms with Crippen LogP contribution in [0.2, 0.25) is 0 Å². The summed E-state index contributed by atoms with van der Waals surface area (Å²) in [5.41, 5.74) is 3.10. The third kappa shape index (κ3) is 4.23. The van der Waals surface area contributed by atoms with Gasteiger partial charge in [-0.2, -0.15) is 10.5 Å². The first-order valence-corrected chi connectivity index (χ1v) is 7.40. The predicted octanol–water partition coefficient (Wildman–Crippen LogP) is 2.84. The molecule has 0 aliphatic carbocycles. The summed E-state index contributed by atoms with van der Waals surface area (Å²) in [6, 6.07) is 5.64. The monoisotopic (exact) mass is 298 g/mol. The maximum atomic E-state index is 12.1. The molecule has 1 N–H and O–H groups in total. The van der Waals surface area contributed by atoms with Gasteiger partial charge in [-0.1, -0.05) is 6.92 Å². The number of carbonyl (C=O) groups excluding carboxylic acids is 1. The molecule has 1 aromatic rings. The Kier molecular flexibility index (Phi) is 6.41. The molecular formula is C17H22N4O. The Morgan fingerprint density at radius 2 is 2.14 bits per heavy atom. The molecule has 0 spiro atoms. The van der Waals surface area contributed by atoms with Crippen molar-refractivity contribution in [2.45, 2.75) is 53.1 Å². The second kappa shape index (κ2) is 8.05. The zero-order valence-corrected chi connectivity index (χ0v) is 13.6. The molecule has 0 saturated carbocycles. The van der Waals surface area contributed by atoms with Crippen LogP contribution < -0.4 is 5.32 Å². The Labute approximate surface area is 131 Å². The van der Waals surface area contributed by atoms with Crippen molar-refractivity contribution in [1.29, 1.82) is 10.5 Å². The highest BCUT2D eigenvalue weighted by Gasteiger charge is 2.14. The quantitative estimate of drug-likeness (QED) is 0.647. The molecule has 0 bridgehead atoms. The number of hydrogen-bond donors (Lipinski definition) is 1. The van der Waals surface area contributed by atoms with E-state index in [0.29, 0.717) is 0 Å². The van der Waals surface area contributed by atoms with Crippen LogP contribution in [0.5, 0.6) is 0 Å². The molecular weight excluding hydrogens is 276 g/mol. The van der Waals surface area contributed by atoms with Crippen LogP contribution in [0.3, 0.4) is 0 Å². The SMILES string of the molecule is CCCn1c(C)cc(/C=C(\C#N)C(=O)NC(C)CC#N)c1C. The fourth-order valence-corrected chi connectivity index (χ4v) is 2.34. The zero-order chi connectivity index (χ0) is 16.7. The molecule has 1 heterocycles. The van der Waals surface area contributed by atoms with Crippen molar-refractivity contribution in [3.63, 3.8) is 0 Å². The fraction of sp³-hybridized carbons (Fsp3) is 0.471. The van der Waals surface area contributed by atoms with E-state index in [2.05, 4.69) is 16.8 Å². The molecule has 0 radical (unpaired) electrons.